The van der Waals surface area contributed by atoms with E-state index >= 15 is 0 Å². The van der Waals surface area contributed by atoms with E-state index in [1.54, 1.807) is 13.2 Å². The summed E-state index contributed by atoms with van der Waals surface area (Å²) < 4.78 is 50.0. The predicted octanol–water partition coefficient (Wildman–Crippen LogP) is 6.57. The zero-order valence-corrected chi connectivity index (χ0v) is 21.7. The molecule has 0 radical (unpaired) electrons. The fourth-order valence-electron chi connectivity index (χ4n) is 4.36. The fraction of sp³-hybridized carbons (Fsp3) is 0.138. The zero-order chi connectivity index (χ0) is 28.4. The van der Waals surface area contributed by atoms with Gasteiger partial charge in [-0.15, -0.1) is 0 Å². The number of ether oxygens (including phenoxy) is 2. The number of rotatable bonds is 7. The first-order valence-electron chi connectivity index (χ1n) is 12.1. The minimum absolute atomic E-state index is 0.150. The number of carbonyl (C=O) groups is 1. The predicted molar refractivity (Wildman–Crippen MR) is 148 cm³/mol. The molecule has 0 fully saturated rings. The number of hydrogen-bond acceptors (Lipinski definition) is 6. The number of anilines is 2. The van der Waals surface area contributed by atoms with Crippen molar-refractivity contribution in [1.29, 1.82) is 0 Å². The van der Waals surface area contributed by atoms with Crippen LogP contribution in [0.1, 0.15) is 27.3 Å². The second-order valence-electron chi connectivity index (χ2n) is 8.93. The number of benzene rings is 3. The highest BCUT2D eigenvalue weighted by Crippen LogP contribution is 2.36. The first kappa shape index (κ1) is 26.5. The lowest BCUT2D eigenvalue weighted by Gasteiger charge is -2.13. The Kier molecular flexibility index (Phi) is 7.03. The Labute approximate surface area is 226 Å². The number of aromatic nitrogens is 2. The molecule has 2 aromatic heterocycles. The smallest absolute Gasteiger partial charge is 0.419 e. The molecule has 2 heterocycles. The van der Waals surface area contributed by atoms with Crippen LogP contribution in [0.3, 0.4) is 0 Å². The van der Waals surface area contributed by atoms with Crippen LogP contribution in [0.2, 0.25) is 0 Å². The molecule has 0 aliphatic carbocycles. The molecule has 0 spiro atoms. The van der Waals surface area contributed by atoms with Crippen molar-refractivity contribution in [1.82, 2.24) is 15.4 Å². The number of halogens is 3. The van der Waals surface area contributed by atoms with E-state index in [9.17, 15) is 18.0 Å². The number of fused-ring (bicyclic) bond motifs is 2. The Balaban J connectivity index is 1.34. The summed E-state index contributed by atoms with van der Waals surface area (Å²) in [7, 11) is 2.77. The SMILES string of the molecule is COc1ccc(/C=N/NC(=O)c2cc3cc(Nc4cc(C)nc5c(OC)cccc45)ccc3[nH]2)cc1C(F)(F)F. The maximum Gasteiger partial charge on any atom is 0.419 e. The molecule has 40 heavy (non-hydrogen) atoms. The van der Waals surface area contributed by atoms with Crippen LogP contribution in [-0.2, 0) is 6.18 Å². The quantitative estimate of drug-likeness (QED) is 0.158. The normalized spacial score (nSPS) is 11.8. The number of aryl methyl sites for hydroxylation is 1. The van der Waals surface area contributed by atoms with Crippen molar-refractivity contribution in [3.8, 4) is 11.5 Å². The summed E-state index contributed by atoms with van der Waals surface area (Å²) >= 11 is 0. The Hall–Kier alpha value is -5.06. The molecule has 8 nitrogen and oxygen atoms in total. The summed E-state index contributed by atoms with van der Waals surface area (Å²) in [5.74, 6) is -0.168. The number of nitrogens with one attached hydrogen (secondary N) is 3. The molecule has 5 aromatic rings. The minimum atomic E-state index is -4.59. The molecule has 3 N–H and O–H groups in total. The van der Waals surface area contributed by atoms with Gasteiger partial charge in [-0.1, -0.05) is 12.1 Å². The molecule has 5 rings (SSSR count). The van der Waals surface area contributed by atoms with E-state index in [1.165, 1.54) is 12.1 Å². The third kappa shape index (κ3) is 5.39. The summed E-state index contributed by atoms with van der Waals surface area (Å²) in [6, 6.07) is 18.4. The van der Waals surface area contributed by atoms with Crippen molar-refractivity contribution in [2.45, 2.75) is 13.1 Å². The molecule has 204 valence electrons. The molecule has 3 aromatic carbocycles. The summed E-state index contributed by atoms with van der Waals surface area (Å²) in [6.07, 6.45) is -3.46. The maximum atomic E-state index is 13.2. The van der Waals surface area contributed by atoms with E-state index in [0.29, 0.717) is 5.75 Å². The van der Waals surface area contributed by atoms with Gasteiger partial charge in [0.25, 0.3) is 5.91 Å². The van der Waals surface area contributed by atoms with Gasteiger partial charge in [-0.25, -0.2) is 10.4 Å². The third-order valence-electron chi connectivity index (χ3n) is 6.20. The highest BCUT2D eigenvalue weighted by atomic mass is 19.4. The maximum absolute atomic E-state index is 13.2. The number of nitrogens with zero attached hydrogens (tertiary/aromatic N) is 2. The van der Waals surface area contributed by atoms with E-state index in [4.69, 9.17) is 9.47 Å². The third-order valence-corrected chi connectivity index (χ3v) is 6.20. The Morgan fingerprint density at radius 1 is 1.00 bits per heavy atom. The molecule has 0 aliphatic rings. The second-order valence-corrected chi connectivity index (χ2v) is 8.93. The number of hydrazone groups is 1. The van der Waals surface area contributed by atoms with E-state index in [-0.39, 0.29) is 17.0 Å². The highest BCUT2D eigenvalue weighted by Gasteiger charge is 2.34. The van der Waals surface area contributed by atoms with Crippen LogP contribution < -0.4 is 20.2 Å². The minimum Gasteiger partial charge on any atom is -0.496 e. The largest absolute Gasteiger partial charge is 0.496 e. The van der Waals surface area contributed by atoms with Crippen LogP contribution in [0.5, 0.6) is 11.5 Å². The van der Waals surface area contributed by atoms with Crippen LogP contribution >= 0.6 is 0 Å². The van der Waals surface area contributed by atoms with Gasteiger partial charge in [0.15, 0.2) is 0 Å². The van der Waals surface area contributed by atoms with E-state index in [0.717, 1.165) is 58.3 Å². The lowest BCUT2D eigenvalue weighted by Crippen LogP contribution is -2.18. The fourth-order valence-corrected chi connectivity index (χ4v) is 4.36. The first-order chi connectivity index (χ1) is 19.2. The molecule has 0 bridgehead atoms. The number of para-hydroxylation sites is 1. The van der Waals surface area contributed by atoms with Gasteiger partial charge in [0.2, 0.25) is 0 Å². The summed E-state index contributed by atoms with van der Waals surface area (Å²) in [5.41, 5.74) is 5.75. The zero-order valence-electron chi connectivity index (χ0n) is 21.7. The number of hydrogen-bond donors (Lipinski definition) is 3. The lowest BCUT2D eigenvalue weighted by molar-refractivity contribution is -0.138. The van der Waals surface area contributed by atoms with Gasteiger partial charge in [0.05, 0.1) is 26.0 Å². The molecule has 0 saturated carbocycles. The molecule has 11 heteroatoms. The van der Waals surface area contributed by atoms with Crippen molar-refractivity contribution < 1.29 is 27.4 Å². The van der Waals surface area contributed by atoms with Crippen molar-refractivity contribution in [3.63, 3.8) is 0 Å². The van der Waals surface area contributed by atoms with E-state index in [1.807, 2.05) is 49.4 Å². The number of amides is 1. The molecular formula is C29H24F3N5O3. The molecule has 1 amide bonds. The van der Waals surface area contributed by atoms with Crippen molar-refractivity contribution in [3.05, 3.63) is 89.2 Å². The van der Waals surface area contributed by atoms with E-state index < -0.39 is 17.6 Å². The van der Waals surface area contributed by atoms with Gasteiger partial charge in [-0.05, 0) is 67.1 Å². The Bertz CT molecular complexity index is 1760. The standard InChI is InChI=1S/C29H24F3N5O3/c1-16-11-23(20-5-4-6-26(40-3)27(20)34-16)35-19-8-9-22-18(13-19)14-24(36-22)28(38)37-33-15-17-7-10-25(39-2)21(12-17)29(30,31)32/h4-15,36H,1-3H3,(H,34,35)(H,37,38)/b33-15+. The van der Waals surface area contributed by atoms with Crippen LogP contribution in [0.25, 0.3) is 21.8 Å². The second kappa shape index (κ2) is 10.6. The highest BCUT2D eigenvalue weighted by molar-refractivity contribution is 6.00. The van der Waals surface area contributed by atoms with Crippen LogP contribution in [-0.4, -0.2) is 36.3 Å². The van der Waals surface area contributed by atoms with Gasteiger partial charge < -0.3 is 19.8 Å². The van der Waals surface area contributed by atoms with Crippen LogP contribution in [0.4, 0.5) is 24.5 Å². The number of carbonyl (C=O) groups excluding carboxylic acids is 1. The van der Waals surface area contributed by atoms with Crippen LogP contribution in [0.15, 0.2) is 71.8 Å². The number of pyridine rings is 1. The van der Waals surface area contributed by atoms with Gasteiger partial charge >= 0.3 is 6.18 Å². The number of alkyl halides is 3. The number of aromatic amines is 1. The lowest BCUT2D eigenvalue weighted by atomic mass is 10.1. The topological polar surface area (TPSA) is 101 Å². The van der Waals surface area contributed by atoms with Crippen LogP contribution in [0, 0.1) is 6.92 Å². The molecule has 0 atom stereocenters. The molecular weight excluding hydrogens is 523 g/mol. The van der Waals surface area contributed by atoms with Crippen molar-refractivity contribution in [2.24, 2.45) is 5.10 Å². The van der Waals surface area contributed by atoms with Gasteiger partial charge in [-0.3, -0.25) is 4.79 Å². The molecule has 0 aliphatic heterocycles. The monoisotopic (exact) mass is 547 g/mol. The summed E-state index contributed by atoms with van der Waals surface area (Å²) in [5, 5.41) is 8.91. The Morgan fingerprint density at radius 3 is 2.55 bits per heavy atom. The van der Waals surface area contributed by atoms with Crippen molar-refractivity contribution in [2.75, 3.05) is 19.5 Å². The van der Waals surface area contributed by atoms with Crippen molar-refractivity contribution >= 4 is 45.3 Å². The Morgan fingerprint density at radius 2 is 1.80 bits per heavy atom. The molecule has 0 saturated heterocycles. The number of methoxy groups -OCH3 is 2. The van der Waals surface area contributed by atoms with Gasteiger partial charge in [0.1, 0.15) is 22.7 Å². The van der Waals surface area contributed by atoms with E-state index in [2.05, 4.69) is 25.8 Å². The van der Waals surface area contributed by atoms with Gasteiger partial charge in [0, 0.05) is 33.4 Å². The summed E-state index contributed by atoms with van der Waals surface area (Å²) in [6.45, 7) is 1.91. The number of H-pyrrole nitrogens is 1. The average molecular weight is 548 g/mol. The molecule has 0 unspecified atom stereocenters. The average Bonchev–Trinajstić information content (AvgIpc) is 3.36. The van der Waals surface area contributed by atoms with Gasteiger partial charge in [-0.2, -0.15) is 18.3 Å². The first-order valence-corrected chi connectivity index (χ1v) is 12.1. The summed E-state index contributed by atoms with van der Waals surface area (Å²) in [4.78, 5) is 20.3.